The van der Waals surface area contributed by atoms with E-state index in [2.05, 4.69) is 21.4 Å². The Bertz CT molecular complexity index is 1830. The lowest BCUT2D eigenvalue weighted by Gasteiger charge is -2.21. The molecule has 4 aromatic rings. The number of rotatable bonds is 4. The molecule has 5 heterocycles. The summed E-state index contributed by atoms with van der Waals surface area (Å²) in [6.45, 7) is 6.56. The lowest BCUT2D eigenvalue weighted by atomic mass is 9.94. The van der Waals surface area contributed by atoms with Gasteiger partial charge in [-0.3, -0.25) is 10.3 Å². The second kappa shape index (κ2) is 10.8. The number of ether oxygens (including phenoxy) is 2. The van der Waals surface area contributed by atoms with Crippen molar-refractivity contribution in [1.29, 1.82) is 5.26 Å². The fraction of sp³-hybridized carbons (Fsp3) is 0.414. The monoisotopic (exact) mass is 625 g/mol. The fourth-order valence-corrected chi connectivity index (χ4v) is 6.98. The third kappa shape index (κ3) is 5.13. The van der Waals surface area contributed by atoms with Crippen LogP contribution in [-0.4, -0.2) is 76.0 Å². The molecule has 1 amide bonds. The maximum absolute atomic E-state index is 15.2. The van der Waals surface area contributed by atoms with Crippen molar-refractivity contribution in [2.45, 2.75) is 51.7 Å². The van der Waals surface area contributed by atoms with E-state index in [4.69, 9.17) is 26.1 Å². The van der Waals surface area contributed by atoms with Crippen LogP contribution in [0.4, 0.5) is 20.1 Å². The van der Waals surface area contributed by atoms with Gasteiger partial charge in [0.25, 0.3) is 0 Å². The molecule has 0 bridgehead atoms. The maximum atomic E-state index is 15.2. The molecule has 6 rings (SSSR count). The Morgan fingerprint density at radius 2 is 2.02 bits per heavy atom. The minimum Gasteiger partial charge on any atom is -0.444 e. The van der Waals surface area contributed by atoms with Crippen LogP contribution >= 0.6 is 22.9 Å². The first-order valence-corrected chi connectivity index (χ1v) is 14.8. The van der Waals surface area contributed by atoms with Crippen molar-refractivity contribution in [2.75, 3.05) is 37.4 Å². The molecule has 14 heteroatoms. The summed E-state index contributed by atoms with van der Waals surface area (Å²) in [5.41, 5.74) is 2.05. The largest absolute Gasteiger partial charge is 0.444 e. The number of fused-ring (bicyclic) bond motifs is 4. The molecule has 2 N–H and O–H groups in total. The lowest BCUT2D eigenvalue weighted by molar-refractivity contribution is 0.0636. The lowest BCUT2D eigenvalue weighted by Crippen LogP contribution is -2.38. The molecule has 1 fully saturated rings. The summed E-state index contributed by atoms with van der Waals surface area (Å²) in [5, 5.41) is 24.7. The number of thiophene rings is 1. The van der Waals surface area contributed by atoms with E-state index in [0.717, 1.165) is 28.7 Å². The fourth-order valence-electron chi connectivity index (χ4n) is 5.59. The Kier molecular flexibility index (Phi) is 7.38. The summed E-state index contributed by atoms with van der Waals surface area (Å²) < 4.78 is 26.5. The van der Waals surface area contributed by atoms with E-state index in [1.54, 1.807) is 27.0 Å². The first kappa shape index (κ1) is 29.4. The molecule has 1 aromatic carbocycles. The molecule has 0 aliphatic carbocycles. The summed E-state index contributed by atoms with van der Waals surface area (Å²) in [7, 11) is 3.83. The van der Waals surface area contributed by atoms with Gasteiger partial charge in [0.15, 0.2) is 5.82 Å². The first-order valence-electron chi connectivity index (χ1n) is 13.6. The Morgan fingerprint density at radius 1 is 1.28 bits per heavy atom. The van der Waals surface area contributed by atoms with Crippen molar-refractivity contribution < 1.29 is 23.8 Å². The van der Waals surface area contributed by atoms with Crippen LogP contribution < -0.4 is 10.2 Å². The van der Waals surface area contributed by atoms with E-state index in [9.17, 15) is 15.2 Å². The Morgan fingerprint density at radius 3 is 2.70 bits per heavy atom. The smallest absolute Gasteiger partial charge is 0.412 e. The van der Waals surface area contributed by atoms with E-state index in [0.29, 0.717) is 35.5 Å². The van der Waals surface area contributed by atoms with Gasteiger partial charge < -0.3 is 24.4 Å². The minimum atomic E-state index is -0.772. The zero-order valence-corrected chi connectivity index (χ0v) is 25.7. The van der Waals surface area contributed by atoms with Crippen molar-refractivity contribution in [2.24, 2.45) is 0 Å². The van der Waals surface area contributed by atoms with Crippen LogP contribution in [0, 0.1) is 17.1 Å². The zero-order valence-electron chi connectivity index (χ0n) is 24.2. The average Bonchev–Trinajstić information content (AvgIpc) is 3.66. The normalized spacial score (nSPS) is 18.5. The van der Waals surface area contributed by atoms with Crippen LogP contribution in [0.1, 0.15) is 37.5 Å². The summed E-state index contributed by atoms with van der Waals surface area (Å²) in [5.74, 6) is -0.230. The number of hydrogen-bond donors (Lipinski definition) is 2. The number of hydrogen-bond acceptors (Lipinski definition) is 11. The highest BCUT2D eigenvalue weighted by Crippen LogP contribution is 2.47. The van der Waals surface area contributed by atoms with E-state index in [-0.39, 0.29) is 50.6 Å². The second-order valence-corrected chi connectivity index (χ2v) is 13.2. The number of nitrogens with one attached hydrogen (secondary N) is 1. The van der Waals surface area contributed by atoms with Crippen molar-refractivity contribution >= 4 is 61.0 Å². The molecule has 0 spiro atoms. The molecule has 0 saturated carbocycles. The molecule has 2 atom stereocenters. The van der Waals surface area contributed by atoms with Crippen molar-refractivity contribution in [3.8, 4) is 17.3 Å². The van der Waals surface area contributed by atoms with Gasteiger partial charge in [-0.05, 0) is 46.0 Å². The van der Waals surface area contributed by atoms with Crippen molar-refractivity contribution in [1.82, 2.24) is 19.9 Å². The predicted octanol–water partition coefficient (Wildman–Crippen LogP) is 5.06. The SMILES string of the molecule is CN(C)[C@H]1CN(c2ncc3c4c(c(-c5ncc(F)c6sc(NC(=O)OC(C)(C)C)c(C#N)c56)c(Cl)c3n2)COC4)C[C@H]1O. The molecule has 2 aliphatic heterocycles. The third-order valence-electron chi connectivity index (χ3n) is 7.52. The number of likely N-dealkylation sites (N-methyl/N-ethyl adjacent to an activating group) is 1. The van der Waals surface area contributed by atoms with E-state index < -0.39 is 23.6 Å². The molecule has 1 saturated heterocycles. The van der Waals surface area contributed by atoms with Crippen LogP contribution in [-0.2, 0) is 22.7 Å². The van der Waals surface area contributed by atoms with Gasteiger partial charge in [-0.15, -0.1) is 11.3 Å². The molecule has 0 radical (unpaired) electrons. The molecular formula is C29H29ClFN7O4S. The van der Waals surface area contributed by atoms with Crippen molar-refractivity contribution in [3.63, 3.8) is 0 Å². The number of carbonyl (C=O) groups excluding carboxylic acids is 1. The standard InChI is InChI=1S/C29H29ClFN7O4S/c1-29(2,3)42-28(40)36-26-13(6-32)21-24(33-8-17(31)25(21)43-26)20-16-12-41-11-15(16)14-7-34-27(35-23(14)22(20)30)38-9-18(37(4)5)19(39)10-38/h7-8,18-19,39H,9-12H2,1-5H3,(H,36,40)/t18-,19+/m0/s1. The van der Waals surface area contributed by atoms with Crippen LogP contribution in [0.5, 0.6) is 0 Å². The van der Waals surface area contributed by atoms with E-state index >= 15 is 4.39 Å². The first-order chi connectivity index (χ1) is 20.4. The zero-order chi connectivity index (χ0) is 30.8. The summed E-state index contributed by atoms with van der Waals surface area (Å²) >= 11 is 8.04. The number of benzene rings is 1. The van der Waals surface area contributed by atoms with Gasteiger partial charge in [0, 0.05) is 35.6 Å². The highest BCUT2D eigenvalue weighted by molar-refractivity contribution is 7.23. The number of nitriles is 1. The number of aliphatic hydroxyl groups excluding tert-OH is 1. The van der Waals surface area contributed by atoms with Crippen molar-refractivity contribution in [3.05, 3.63) is 39.9 Å². The third-order valence-corrected chi connectivity index (χ3v) is 9.01. The van der Waals surface area contributed by atoms with Gasteiger partial charge in [0.1, 0.15) is 16.7 Å². The maximum Gasteiger partial charge on any atom is 0.412 e. The number of aliphatic hydroxyl groups is 1. The average molecular weight is 626 g/mol. The van der Waals surface area contributed by atoms with Crippen LogP contribution in [0.25, 0.3) is 32.2 Å². The molecule has 224 valence electrons. The summed E-state index contributed by atoms with van der Waals surface area (Å²) in [6.07, 6.45) is 1.44. The predicted molar refractivity (Wildman–Crippen MR) is 162 cm³/mol. The quantitative estimate of drug-likeness (QED) is 0.317. The highest BCUT2D eigenvalue weighted by Gasteiger charge is 2.35. The number of amides is 1. The molecule has 11 nitrogen and oxygen atoms in total. The van der Waals surface area contributed by atoms with Gasteiger partial charge in [0.2, 0.25) is 5.95 Å². The molecule has 2 aliphatic rings. The van der Waals surface area contributed by atoms with Gasteiger partial charge in [-0.1, -0.05) is 11.6 Å². The number of carbonyl (C=O) groups is 1. The number of aromatic nitrogens is 3. The number of halogens is 2. The Labute approximate surface area is 255 Å². The molecule has 3 aromatic heterocycles. The van der Waals surface area contributed by atoms with Gasteiger partial charge in [-0.2, -0.15) is 5.26 Å². The highest BCUT2D eigenvalue weighted by atomic mass is 35.5. The van der Waals surface area contributed by atoms with Crippen LogP contribution in [0.2, 0.25) is 5.02 Å². The van der Waals surface area contributed by atoms with Crippen LogP contribution in [0.15, 0.2) is 12.4 Å². The summed E-state index contributed by atoms with van der Waals surface area (Å²) in [6, 6.07) is 2.03. The van der Waals surface area contributed by atoms with Gasteiger partial charge >= 0.3 is 6.09 Å². The van der Waals surface area contributed by atoms with Gasteiger partial charge in [0.05, 0.1) is 58.1 Å². The number of pyridine rings is 1. The topological polar surface area (TPSA) is 137 Å². The number of nitrogens with zero attached hydrogens (tertiary/aromatic N) is 6. The second-order valence-electron chi connectivity index (χ2n) is 11.8. The van der Waals surface area contributed by atoms with Gasteiger partial charge in [-0.25, -0.2) is 19.2 Å². The van der Waals surface area contributed by atoms with E-state index in [1.165, 1.54) is 0 Å². The molecule has 0 unspecified atom stereocenters. The Hall–Kier alpha value is -3.67. The Balaban J connectivity index is 1.53. The summed E-state index contributed by atoms with van der Waals surface area (Å²) in [4.78, 5) is 30.3. The number of anilines is 2. The van der Waals surface area contributed by atoms with E-state index in [1.807, 2.05) is 23.9 Å². The minimum absolute atomic E-state index is 0.0425. The number of β-amino-alcohol motifs (C(OH)–C–C–N with tert-alkyl or cyclic N) is 1. The molecule has 43 heavy (non-hydrogen) atoms. The molecular weight excluding hydrogens is 597 g/mol. The van der Waals surface area contributed by atoms with Crippen LogP contribution in [0.3, 0.4) is 0 Å².